The maximum Gasteiger partial charge on any atom is 0.416 e. The van der Waals surface area contributed by atoms with Crippen LogP contribution in [0.1, 0.15) is 36.9 Å². The first-order valence-electron chi connectivity index (χ1n) is 8.52. The lowest BCUT2D eigenvalue weighted by Crippen LogP contribution is -2.40. The molecule has 0 amide bonds. The van der Waals surface area contributed by atoms with Crippen molar-refractivity contribution in [2.45, 2.75) is 32.0 Å². The molecule has 25 heavy (non-hydrogen) atoms. The first kappa shape index (κ1) is 22.2. The van der Waals surface area contributed by atoms with E-state index in [9.17, 15) is 13.2 Å². The summed E-state index contributed by atoms with van der Waals surface area (Å²) in [5.41, 5.74) is 0.113. The van der Waals surface area contributed by atoms with E-state index in [0.717, 1.165) is 38.5 Å². The molecule has 2 rings (SSSR count). The van der Waals surface area contributed by atoms with Gasteiger partial charge >= 0.3 is 6.18 Å². The molecule has 1 aliphatic rings. The summed E-state index contributed by atoms with van der Waals surface area (Å²) in [6.07, 6.45) is -1.99. The molecule has 1 heterocycles. The normalized spacial score (nSPS) is 19.5. The van der Waals surface area contributed by atoms with Gasteiger partial charge < -0.3 is 10.1 Å². The number of nitrogens with zero attached hydrogens (tertiary/aromatic N) is 1. The molecule has 0 saturated carbocycles. The molecule has 3 nitrogen and oxygen atoms in total. The van der Waals surface area contributed by atoms with Crippen molar-refractivity contribution in [3.05, 3.63) is 35.4 Å². The minimum Gasteiger partial charge on any atom is -0.383 e. The molecule has 2 atom stereocenters. The van der Waals surface area contributed by atoms with Gasteiger partial charge in [-0.3, -0.25) is 4.90 Å². The quantitative estimate of drug-likeness (QED) is 0.769. The minimum atomic E-state index is -4.31. The van der Waals surface area contributed by atoms with Crippen LogP contribution in [-0.4, -0.2) is 44.8 Å². The average Bonchev–Trinajstić information content (AvgIpc) is 2.58. The summed E-state index contributed by atoms with van der Waals surface area (Å²) in [6.45, 7) is 6.15. The second-order valence-corrected chi connectivity index (χ2v) is 6.50. The second kappa shape index (κ2) is 10.4. The van der Waals surface area contributed by atoms with E-state index in [1.165, 1.54) is 12.1 Å². The predicted octanol–water partition coefficient (Wildman–Crippen LogP) is 4.14. The number of piperidine rings is 1. The van der Waals surface area contributed by atoms with Crippen LogP contribution in [-0.2, 0) is 10.9 Å². The van der Waals surface area contributed by atoms with Gasteiger partial charge in [0.05, 0.1) is 12.2 Å². The van der Waals surface area contributed by atoms with Crippen LogP contribution in [0.4, 0.5) is 13.2 Å². The third-order valence-corrected chi connectivity index (χ3v) is 4.72. The van der Waals surface area contributed by atoms with E-state index in [1.54, 1.807) is 13.2 Å². The van der Waals surface area contributed by atoms with Crippen LogP contribution in [0.2, 0.25) is 0 Å². The molecule has 0 aliphatic carbocycles. The Morgan fingerprint density at radius 1 is 1.36 bits per heavy atom. The molecule has 0 bridgehead atoms. The first-order chi connectivity index (χ1) is 11.4. The van der Waals surface area contributed by atoms with Crippen LogP contribution < -0.4 is 5.32 Å². The Balaban J connectivity index is 0.00000312. The Labute approximate surface area is 154 Å². The topological polar surface area (TPSA) is 24.5 Å². The Morgan fingerprint density at radius 3 is 2.72 bits per heavy atom. The smallest absolute Gasteiger partial charge is 0.383 e. The lowest BCUT2D eigenvalue weighted by molar-refractivity contribution is -0.137. The fraction of sp³-hybridized carbons (Fsp3) is 0.667. The van der Waals surface area contributed by atoms with Gasteiger partial charge in [-0.2, -0.15) is 13.2 Å². The van der Waals surface area contributed by atoms with Gasteiger partial charge in [0, 0.05) is 26.2 Å². The standard InChI is InChI=1S/C18H27F3N2O.ClH/c1-14(16-6-3-7-17(11-16)18(19,20)21)23(9-10-24-2)13-15-5-4-8-22-12-15;/h3,6-7,11,14-15,22H,4-5,8-10,12-13H2,1-2H3;1H. The van der Waals surface area contributed by atoms with Gasteiger partial charge in [0.2, 0.25) is 0 Å². The van der Waals surface area contributed by atoms with Crippen LogP contribution in [0, 0.1) is 5.92 Å². The van der Waals surface area contributed by atoms with Gasteiger partial charge in [0.1, 0.15) is 0 Å². The summed E-state index contributed by atoms with van der Waals surface area (Å²) in [4.78, 5) is 2.23. The lowest BCUT2D eigenvalue weighted by Gasteiger charge is -2.34. The minimum absolute atomic E-state index is 0. The number of nitrogens with one attached hydrogen (secondary N) is 1. The lowest BCUT2D eigenvalue weighted by atomic mass is 9.97. The number of benzene rings is 1. The molecule has 1 saturated heterocycles. The number of rotatable bonds is 7. The van der Waals surface area contributed by atoms with Crippen LogP contribution in [0.25, 0.3) is 0 Å². The average molecular weight is 381 g/mol. The molecule has 2 unspecified atom stereocenters. The highest BCUT2D eigenvalue weighted by molar-refractivity contribution is 5.85. The van der Waals surface area contributed by atoms with Crippen LogP contribution >= 0.6 is 12.4 Å². The largest absolute Gasteiger partial charge is 0.416 e. The first-order valence-corrected chi connectivity index (χ1v) is 8.52. The highest BCUT2D eigenvalue weighted by atomic mass is 35.5. The molecule has 144 valence electrons. The Bertz CT molecular complexity index is 507. The van der Waals surface area contributed by atoms with Crippen LogP contribution in [0.15, 0.2) is 24.3 Å². The molecule has 7 heteroatoms. The summed E-state index contributed by atoms with van der Waals surface area (Å²) in [7, 11) is 1.65. The van der Waals surface area contributed by atoms with Crippen molar-refractivity contribution in [3.63, 3.8) is 0 Å². The third kappa shape index (κ3) is 6.77. The number of alkyl halides is 3. The molecular formula is C18H28ClF3N2O. The fourth-order valence-corrected chi connectivity index (χ4v) is 3.25. The van der Waals surface area contributed by atoms with E-state index in [2.05, 4.69) is 10.2 Å². The predicted molar refractivity (Wildman–Crippen MR) is 96.1 cm³/mol. The third-order valence-electron chi connectivity index (χ3n) is 4.72. The number of halogens is 4. The van der Waals surface area contributed by atoms with Crippen molar-refractivity contribution >= 4 is 12.4 Å². The monoisotopic (exact) mass is 380 g/mol. The Kier molecular flexibility index (Phi) is 9.21. The molecule has 1 fully saturated rings. The Morgan fingerprint density at radius 2 is 2.12 bits per heavy atom. The molecule has 1 aliphatic heterocycles. The van der Waals surface area contributed by atoms with Crippen molar-refractivity contribution < 1.29 is 17.9 Å². The summed E-state index contributed by atoms with van der Waals surface area (Å²) in [5.74, 6) is 0.531. The van der Waals surface area contributed by atoms with Crippen LogP contribution in [0.5, 0.6) is 0 Å². The molecule has 1 aromatic rings. The van der Waals surface area contributed by atoms with Crippen molar-refractivity contribution in [3.8, 4) is 0 Å². The number of hydrogen-bond acceptors (Lipinski definition) is 3. The SMILES string of the molecule is COCCN(CC1CCCNC1)C(C)c1cccc(C(F)(F)F)c1.Cl. The molecule has 1 N–H and O–H groups in total. The van der Waals surface area contributed by atoms with E-state index < -0.39 is 11.7 Å². The highest BCUT2D eigenvalue weighted by Gasteiger charge is 2.31. The van der Waals surface area contributed by atoms with Gasteiger partial charge in [-0.25, -0.2) is 0 Å². The van der Waals surface area contributed by atoms with Crippen molar-refractivity contribution in [1.29, 1.82) is 0 Å². The zero-order valence-electron chi connectivity index (χ0n) is 14.8. The number of methoxy groups -OCH3 is 1. The van der Waals surface area contributed by atoms with Crippen molar-refractivity contribution in [2.75, 3.05) is 39.9 Å². The summed E-state index contributed by atoms with van der Waals surface area (Å²) >= 11 is 0. The molecule has 1 aromatic carbocycles. The maximum absolute atomic E-state index is 13.0. The van der Waals surface area contributed by atoms with E-state index >= 15 is 0 Å². The maximum atomic E-state index is 13.0. The van der Waals surface area contributed by atoms with Gasteiger partial charge in [0.15, 0.2) is 0 Å². The fourth-order valence-electron chi connectivity index (χ4n) is 3.25. The van der Waals surface area contributed by atoms with E-state index in [4.69, 9.17) is 4.74 Å². The van der Waals surface area contributed by atoms with Crippen LogP contribution in [0.3, 0.4) is 0 Å². The van der Waals surface area contributed by atoms with E-state index in [0.29, 0.717) is 24.6 Å². The molecule has 0 spiro atoms. The van der Waals surface area contributed by atoms with E-state index in [-0.39, 0.29) is 18.4 Å². The summed E-state index contributed by atoms with van der Waals surface area (Å²) in [6, 6.07) is 5.58. The Hall–Kier alpha value is -0.820. The van der Waals surface area contributed by atoms with Gasteiger partial charge in [0.25, 0.3) is 0 Å². The van der Waals surface area contributed by atoms with Crippen molar-refractivity contribution in [1.82, 2.24) is 10.2 Å². The molecular weight excluding hydrogens is 353 g/mol. The van der Waals surface area contributed by atoms with E-state index in [1.807, 2.05) is 6.92 Å². The second-order valence-electron chi connectivity index (χ2n) is 6.50. The zero-order valence-corrected chi connectivity index (χ0v) is 15.6. The number of ether oxygens (including phenoxy) is 1. The molecule has 0 radical (unpaired) electrons. The summed E-state index contributed by atoms with van der Waals surface area (Å²) < 4.78 is 44.1. The highest BCUT2D eigenvalue weighted by Crippen LogP contribution is 2.32. The van der Waals surface area contributed by atoms with Crippen molar-refractivity contribution in [2.24, 2.45) is 5.92 Å². The van der Waals surface area contributed by atoms with Gasteiger partial charge in [-0.15, -0.1) is 12.4 Å². The number of hydrogen-bond donors (Lipinski definition) is 1. The van der Waals surface area contributed by atoms with Gasteiger partial charge in [-0.1, -0.05) is 12.1 Å². The molecule has 0 aromatic heterocycles. The zero-order chi connectivity index (χ0) is 17.6. The van der Waals surface area contributed by atoms with Gasteiger partial charge in [-0.05, 0) is 56.5 Å². The summed E-state index contributed by atoms with van der Waals surface area (Å²) in [5, 5.41) is 3.40.